The molecule has 220 valence electrons. The third-order valence-corrected chi connectivity index (χ3v) is 8.24. The molecule has 2 rings (SSSR count). The second kappa shape index (κ2) is 13.1. The molecule has 39 heavy (non-hydrogen) atoms. The molecule has 0 amide bonds. The second-order valence-corrected chi connectivity index (χ2v) is 12.3. The van der Waals surface area contributed by atoms with E-state index in [1.54, 1.807) is 0 Å². The number of hydrogen-bond donors (Lipinski definition) is 2. The number of fused-ring (bicyclic) bond motifs is 1. The number of carboxylic acid groups (broad SMARTS) is 1. The average Bonchev–Trinajstić information content (AvgIpc) is 3.10. The van der Waals surface area contributed by atoms with Crippen molar-refractivity contribution >= 4 is 23.9 Å². The van der Waals surface area contributed by atoms with Crippen LogP contribution in [0.3, 0.4) is 0 Å². The third-order valence-electron chi connectivity index (χ3n) is 8.24. The van der Waals surface area contributed by atoms with Crippen LogP contribution < -0.4 is 0 Å². The highest BCUT2D eigenvalue weighted by Crippen LogP contribution is 2.56. The van der Waals surface area contributed by atoms with E-state index >= 15 is 0 Å². The second-order valence-electron chi connectivity index (χ2n) is 12.3. The summed E-state index contributed by atoms with van der Waals surface area (Å²) in [6, 6.07) is 0. The van der Waals surface area contributed by atoms with Crippen molar-refractivity contribution in [3.05, 3.63) is 23.3 Å². The molecule has 1 saturated carbocycles. The van der Waals surface area contributed by atoms with Crippen molar-refractivity contribution in [2.75, 3.05) is 6.61 Å². The molecule has 2 unspecified atom stereocenters. The maximum atomic E-state index is 12.5. The molecule has 0 aliphatic heterocycles. The van der Waals surface area contributed by atoms with E-state index in [-0.39, 0.29) is 24.4 Å². The normalized spacial score (nSPS) is 30.2. The van der Waals surface area contributed by atoms with E-state index in [1.165, 1.54) is 26.3 Å². The van der Waals surface area contributed by atoms with E-state index in [0.717, 1.165) is 31.3 Å². The third kappa shape index (κ3) is 9.48. The van der Waals surface area contributed by atoms with Crippen molar-refractivity contribution < 1.29 is 43.6 Å². The zero-order chi connectivity index (χ0) is 29.6. The summed E-state index contributed by atoms with van der Waals surface area (Å²) in [7, 11) is 0. The molecule has 0 aromatic rings. The molecule has 2 aliphatic carbocycles. The number of allylic oxidation sites excluding steroid dienone is 2. The van der Waals surface area contributed by atoms with E-state index in [9.17, 15) is 24.3 Å². The molecule has 0 heterocycles. The summed E-state index contributed by atoms with van der Waals surface area (Å²) < 4.78 is 17.2. The minimum Gasteiger partial charge on any atom is -0.481 e. The lowest BCUT2D eigenvalue weighted by Crippen LogP contribution is -2.45. The molecule has 0 aromatic carbocycles. The fourth-order valence-electron chi connectivity index (χ4n) is 6.34. The standard InChI is InChI=1S/C30H46O9/c1-19-9-8-10-22(18-37-27(35)17-29(6,36)16-26(33)34)15-25(38-20(2)31)30(7)14-13-23(24(30)12-11-19)28(4,5)39-21(3)32/h9,15,23-25,36H,8,10-14,16-18H2,1-7H3,(H,33,34)/b19-9+,22-15+/t23-,24+,25?,29?,30+/m1/s1. The van der Waals surface area contributed by atoms with Crippen molar-refractivity contribution in [1.82, 2.24) is 0 Å². The van der Waals surface area contributed by atoms with Gasteiger partial charge in [0.05, 0.1) is 18.4 Å². The number of aliphatic carboxylic acids is 1. The van der Waals surface area contributed by atoms with E-state index in [2.05, 4.69) is 19.9 Å². The van der Waals surface area contributed by atoms with Crippen LogP contribution in [0.25, 0.3) is 0 Å². The maximum Gasteiger partial charge on any atom is 0.309 e. The number of ether oxygens (including phenoxy) is 3. The molecule has 9 heteroatoms. The quantitative estimate of drug-likeness (QED) is 0.233. The lowest BCUT2D eigenvalue weighted by molar-refractivity contribution is -0.163. The topological polar surface area (TPSA) is 136 Å². The average molecular weight is 551 g/mol. The van der Waals surface area contributed by atoms with Gasteiger partial charge in [0, 0.05) is 25.2 Å². The smallest absolute Gasteiger partial charge is 0.309 e. The molecule has 0 spiro atoms. The number of esters is 3. The van der Waals surface area contributed by atoms with E-state index in [4.69, 9.17) is 19.3 Å². The molecule has 0 aromatic heterocycles. The first-order valence-corrected chi connectivity index (χ1v) is 13.8. The Morgan fingerprint density at radius 3 is 2.31 bits per heavy atom. The zero-order valence-electron chi connectivity index (χ0n) is 24.5. The largest absolute Gasteiger partial charge is 0.481 e. The van der Waals surface area contributed by atoms with Crippen LogP contribution in [0, 0.1) is 17.3 Å². The Kier molecular flexibility index (Phi) is 10.9. The highest BCUT2D eigenvalue weighted by Gasteiger charge is 2.55. The first-order chi connectivity index (χ1) is 17.9. The Hall–Kier alpha value is -2.68. The Labute approximate surface area is 232 Å². The summed E-state index contributed by atoms with van der Waals surface area (Å²) in [6.07, 6.45) is 7.02. The summed E-state index contributed by atoms with van der Waals surface area (Å²) in [4.78, 5) is 47.6. The van der Waals surface area contributed by atoms with Gasteiger partial charge < -0.3 is 24.4 Å². The summed E-state index contributed by atoms with van der Waals surface area (Å²) in [5, 5.41) is 19.2. The van der Waals surface area contributed by atoms with E-state index < -0.39 is 53.5 Å². The molecule has 0 radical (unpaired) electrons. The van der Waals surface area contributed by atoms with Crippen LogP contribution >= 0.6 is 0 Å². The SMILES string of the molecule is CC(=O)OC1/C=C(/COC(=O)CC(C)(O)CC(=O)O)CC/C=C(\C)CC[C@H]2[C@H](C(C)(C)OC(C)=O)CC[C@]12C. The number of carbonyl (C=O) groups is 4. The van der Waals surface area contributed by atoms with Crippen molar-refractivity contribution in [2.45, 2.75) is 117 Å². The van der Waals surface area contributed by atoms with Crippen LogP contribution in [0.2, 0.25) is 0 Å². The highest BCUT2D eigenvalue weighted by molar-refractivity contribution is 5.74. The fraction of sp³-hybridized carbons (Fsp3) is 0.733. The predicted molar refractivity (Wildman–Crippen MR) is 144 cm³/mol. The van der Waals surface area contributed by atoms with Gasteiger partial charge in [-0.2, -0.15) is 0 Å². The van der Waals surface area contributed by atoms with E-state index in [1.807, 2.05) is 19.9 Å². The Bertz CT molecular complexity index is 990. The molecular weight excluding hydrogens is 504 g/mol. The molecule has 1 fully saturated rings. The fourth-order valence-corrected chi connectivity index (χ4v) is 6.34. The van der Waals surface area contributed by atoms with Crippen molar-refractivity contribution in [2.24, 2.45) is 17.3 Å². The van der Waals surface area contributed by atoms with Crippen LogP contribution in [0.5, 0.6) is 0 Å². The molecule has 2 N–H and O–H groups in total. The van der Waals surface area contributed by atoms with Crippen LogP contribution in [-0.2, 0) is 33.4 Å². The van der Waals surface area contributed by atoms with Gasteiger partial charge >= 0.3 is 23.9 Å². The molecule has 5 atom stereocenters. The molecule has 9 nitrogen and oxygen atoms in total. The van der Waals surface area contributed by atoms with Gasteiger partial charge in [0.1, 0.15) is 18.3 Å². The summed E-state index contributed by atoms with van der Waals surface area (Å²) >= 11 is 0. The van der Waals surface area contributed by atoms with Crippen LogP contribution in [-0.4, -0.2) is 58.0 Å². The van der Waals surface area contributed by atoms with Gasteiger partial charge in [-0.1, -0.05) is 18.6 Å². The Morgan fingerprint density at radius 1 is 1.05 bits per heavy atom. The number of carbonyl (C=O) groups excluding carboxylic acids is 3. The van der Waals surface area contributed by atoms with Crippen LogP contribution in [0.4, 0.5) is 0 Å². The maximum absolute atomic E-state index is 12.5. The number of hydrogen-bond acceptors (Lipinski definition) is 8. The lowest BCUT2D eigenvalue weighted by atomic mass is 9.67. The summed E-state index contributed by atoms with van der Waals surface area (Å²) in [6.45, 7) is 12.1. The predicted octanol–water partition coefficient (Wildman–Crippen LogP) is 4.90. The van der Waals surface area contributed by atoms with E-state index in [0.29, 0.717) is 12.8 Å². The van der Waals surface area contributed by atoms with Crippen molar-refractivity contribution in [3.63, 3.8) is 0 Å². The van der Waals surface area contributed by atoms with Gasteiger partial charge in [0.25, 0.3) is 0 Å². The minimum atomic E-state index is -1.72. The van der Waals surface area contributed by atoms with Gasteiger partial charge in [-0.25, -0.2) is 0 Å². The Balaban J connectivity index is 2.40. The first-order valence-electron chi connectivity index (χ1n) is 13.8. The van der Waals surface area contributed by atoms with Gasteiger partial charge in [-0.05, 0) is 83.8 Å². The highest BCUT2D eigenvalue weighted by atomic mass is 16.6. The number of carboxylic acids is 1. The van der Waals surface area contributed by atoms with Crippen molar-refractivity contribution in [1.29, 1.82) is 0 Å². The molecule has 2 aliphatic rings. The molecular formula is C30H46O9. The monoisotopic (exact) mass is 550 g/mol. The zero-order valence-corrected chi connectivity index (χ0v) is 24.5. The van der Waals surface area contributed by atoms with Crippen molar-refractivity contribution in [3.8, 4) is 0 Å². The van der Waals surface area contributed by atoms with Crippen LogP contribution in [0.15, 0.2) is 23.3 Å². The van der Waals surface area contributed by atoms with Gasteiger partial charge in [-0.3, -0.25) is 19.2 Å². The first kappa shape index (κ1) is 32.5. The molecule has 0 bridgehead atoms. The van der Waals surface area contributed by atoms with Crippen LogP contribution in [0.1, 0.15) is 99.8 Å². The number of rotatable bonds is 9. The van der Waals surface area contributed by atoms with Gasteiger partial charge in [-0.15, -0.1) is 0 Å². The summed E-state index contributed by atoms with van der Waals surface area (Å²) in [5.74, 6) is -2.51. The number of aliphatic hydroxyl groups is 1. The lowest BCUT2D eigenvalue weighted by Gasteiger charge is -2.43. The summed E-state index contributed by atoms with van der Waals surface area (Å²) in [5.41, 5.74) is -0.845. The molecule has 0 saturated heterocycles. The Morgan fingerprint density at radius 2 is 1.72 bits per heavy atom. The van der Waals surface area contributed by atoms with Gasteiger partial charge in [0.2, 0.25) is 0 Å². The minimum absolute atomic E-state index is 0.0594. The van der Waals surface area contributed by atoms with Gasteiger partial charge in [0.15, 0.2) is 0 Å².